The molecular weight excluding hydrogens is 380 g/mol. The first-order valence-corrected chi connectivity index (χ1v) is 10.2. The molecule has 30 heavy (non-hydrogen) atoms. The molecule has 1 aliphatic rings. The summed E-state index contributed by atoms with van der Waals surface area (Å²) in [6.45, 7) is 7.14. The summed E-state index contributed by atoms with van der Waals surface area (Å²) >= 11 is 0. The van der Waals surface area contributed by atoms with E-state index in [1.54, 1.807) is 4.90 Å². The molecule has 1 atom stereocenters. The molecule has 0 aliphatic carbocycles. The molecule has 1 heterocycles. The van der Waals surface area contributed by atoms with E-state index in [-0.39, 0.29) is 18.5 Å². The molecule has 0 spiro atoms. The first-order valence-electron chi connectivity index (χ1n) is 10.2. The van der Waals surface area contributed by atoms with Gasteiger partial charge in [0.15, 0.2) is 0 Å². The van der Waals surface area contributed by atoms with Gasteiger partial charge >= 0.3 is 6.09 Å². The van der Waals surface area contributed by atoms with Gasteiger partial charge in [-0.05, 0) is 31.9 Å². The highest BCUT2D eigenvalue weighted by Crippen LogP contribution is 2.19. The zero-order valence-electron chi connectivity index (χ0n) is 17.9. The molecule has 0 N–H and O–H groups in total. The lowest BCUT2D eigenvalue weighted by molar-refractivity contribution is -0.140. The van der Waals surface area contributed by atoms with Gasteiger partial charge in [-0.15, -0.1) is 0 Å². The van der Waals surface area contributed by atoms with Crippen molar-refractivity contribution >= 4 is 12.0 Å². The maximum Gasteiger partial charge on any atom is 0.411 e. The van der Waals surface area contributed by atoms with Gasteiger partial charge in [-0.3, -0.25) is 9.69 Å². The minimum Gasteiger partial charge on any atom is -0.444 e. The van der Waals surface area contributed by atoms with Crippen molar-refractivity contribution in [3.63, 3.8) is 0 Å². The first-order chi connectivity index (χ1) is 14.3. The second kappa shape index (κ2) is 9.76. The molecule has 2 aromatic carbocycles. The van der Waals surface area contributed by atoms with Crippen molar-refractivity contribution in [2.45, 2.75) is 45.6 Å². The van der Waals surface area contributed by atoms with Crippen LogP contribution in [0.25, 0.3) is 0 Å². The monoisotopic (exact) mass is 410 g/mol. The topological polar surface area (TPSA) is 59.1 Å². The van der Waals surface area contributed by atoms with E-state index in [4.69, 9.17) is 9.47 Å². The van der Waals surface area contributed by atoms with Crippen molar-refractivity contribution < 1.29 is 19.1 Å². The van der Waals surface area contributed by atoms with E-state index < -0.39 is 11.7 Å². The number of nitrogens with zero attached hydrogens (tertiary/aromatic N) is 2. The smallest absolute Gasteiger partial charge is 0.411 e. The van der Waals surface area contributed by atoms with Crippen molar-refractivity contribution in [1.29, 1.82) is 0 Å². The van der Waals surface area contributed by atoms with E-state index in [9.17, 15) is 9.59 Å². The normalized spacial score (nSPS) is 17.2. The molecule has 160 valence electrons. The summed E-state index contributed by atoms with van der Waals surface area (Å²) in [6.07, 6.45) is -0.483. The van der Waals surface area contributed by atoms with Crippen LogP contribution in [0.5, 0.6) is 0 Å². The van der Waals surface area contributed by atoms with Gasteiger partial charge in [0.2, 0.25) is 5.91 Å². The van der Waals surface area contributed by atoms with Crippen LogP contribution in [0, 0.1) is 0 Å². The highest BCUT2D eigenvalue weighted by Gasteiger charge is 2.37. The Bertz CT molecular complexity index is 833. The zero-order chi connectivity index (χ0) is 21.6. The highest BCUT2D eigenvalue weighted by molar-refractivity contribution is 5.84. The summed E-state index contributed by atoms with van der Waals surface area (Å²) in [4.78, 5) is 28.8. The van der Waals surface area contributed by atoms with Crippen LogP contribution in [-0.2, 0) is 27.4 Å². The molecule has 1 unspecified atom stereocenters. The Balaban J connectivity index is 1.69. The Morgan fingerprint density at radius 1 is 1.00 bits per heavy atom. The maximum atomic E-state index is 12.8. The predicted octanol–water partition coefficient (Wildman–Crippen LogP) is 3.85. The number of carbonyl (C=O) groups is 2. The van der Waals surface area contributed by atoms with Gasteiger partial charge in [-0.2, -0.15) is 0 Å². The van der Waals surface area contributed by atoms with Gasteiger partial charge in [0.05, 0.1) is 19.3 Å². The zero-order valence-corrected chi connectivity index (χ0v) is 17.9. The van der Waals surface area contributed by atoms with Gasteiger partial charge in [0, 0.05) is 13.1 Å². The molecule has 2 amide bonds. The quantitative estimate of drug-likeness (QED) is 0.726. The fourth-order valence-corrected chi connectivity index (χ4v) is 3.35. The number of carbonyl (C=O) groups excluding carboxylic acids is 2. The molecule has 1 saturated heterocycles. The number of hydrogen-bond acceptors (Lipinski definition) is 4. The van der Waals surface area contributed by atoms with E-state index >= 15 is 0 Å². The van der Waals surface area contributed by atoms with Crippen molar-refractivity contribution in [3.8, 4) is 0 Å². The highest BCUT2D eigenvalue weighted by atomic mass is 16.6. The molecule has 1 fully saturated rings. The SMILES string of the molecule is CC(C)(C)OC(=O)N1CC(=O)N(Cc2ccccc2)CC1COCc1ccccc1. The van der Waals surface area contributed by atoms with Crippen LogP contribution in [0.2, 0.25) is 0 Å². The minimum atomic E-state index is -0.628. The molecule has 6 heteroatoms. The summed E-state index contributed by atoms with van der Waals surface area (Å²) in [6, 6.07) is 19.5. The molecular formula is C24H30N2O4. The lowest BCUT2D eigenvalue weighted by Crippen LogP contribution is -2.59. The number of piperazine rings is 1. The van der Waals surface area contributed by atoms with Crippen molar-refractivity contribution in [3.05, 3.63) is 71.8 Å². The average molecular weight is 411 g/mol. The third-order valence-electron chi connectivity index (χ3n) is 4.80. The summed E-state index contributed by atoms with van der Waals surface area (Å²) in [7, 11) is 0. The molecule has 0 radical (unpaired) electrons. The average Bonchev–Trinajstić information content (AvgIpc) is 2.70. The van der Waals surface area contributed by atoms with Crippen LogP contribution in [0.3, 0.4) is 0 Å². The number of benzene rings is 2. The Morgan fingerprint density at radius 2 is 1.60 bits per heavy atom. The Hall–Kier alpha value is -2.86. The van der Waals surface area contributed by atoms with E-state index in [0.717, 1.165) is 11.1 Å². The van der Waals surface area contributed by atoms with E-state index in [2.05, 4.69) is 0 Å². The van der Waals surface area contributed by atoms with Crippen LogP contribution in [0.1, 0.15) is 31.9 Å². The van der Waals surface area contributed by atoms with Crippen LogP contribution < -0.4 is 0 Å². The third kappa shape index (κ3) is 6.32. The molecule has 0 bridgehead atoms. The third-order valence-corrected chi connectivity index (χ3v) is 4.80. The molecule has 6 nitrogen and oxygen atoms in total. The van der Waals surface area contributed by atoms with E-state index in [0.29, 0.717) is 26.3 Å². The summed E-state index contributed by atoms with van der Waals surface area (Å²) in [5.74, 6) is -0.0935. The number of hydrogen-bond donors (Lipinski definition) is 0. The van der Waals surface area contributed by atoms with E-state index in [1.807, 2.05) is 81.4 Å². The first kappa shape index (κ1) is 21.8. The molecule has 0 saturated carbocycles. The van der Waals surface area contributed by atoms with Crippen LogP contribution >= 0.6 is 0 Å². The van der Waals surface area contributed by atoms with Crippen molar-refractivity contribution in [1.82, 2.24) is 9.80 Å². The number of rotatable bonds is 6. The Kier molecular flexibility index (Phi) is 7.11. The fraction of sp³-hybridized carbons (Fsp3) is 0.417. The minimum absolute atomic E-state index is 0.0128. The van der Waals surface area contributed by atoms with Crippen molar-refractivity contribution in [2.75, 3.05) is 19.7 Å². The van der Waals surface area contributed by atoms with Crippen LogP contribution in [0.15, 0.2) is 60.7 Å². The maximum absolute atomic E-state index is 12.8. The van der Waals surface area contributed by atoms with E-state index in [1.165, 1.54) is 4.90 Å². The van der Waals surface area contributed by atoms with Gasteiger partial charge in [-0.25, -0.2) is 4.79 Å². The molecule has 2 aromatic rings. The van der Waals surface area contributed by atoms with Gasteiger partial charge in [0.1, 0.15) is 12.1 Å². The lowest BCUT2D eigenvalue weighted by atomic mass is 10.1. The van der Waals surface area contributed by atoms with Crippen molar-refractivity contribution in [2.24, 2.45) is 0 Å². The standard InChI is InChI=1S/C24H30N2O4/c1-24(2,3)30-23(28)26-16-22(27)25(14-19-10-6-4-7-11-19)15-21(26)18-29-17-20-12-8-5-9-13-20/h4-13,21H,14-18H2,1-3H3. The molecule has 0 aromatic heterocycles. The van der Waals surface area contributed by atoms with Gasteiger partial charge < -0.3 is 14.4 Å². The number of ether oxygens (including phenoxy) is 2. The second-order valence-corrected chi connectivity index (χ2v) is 8.52. The van der Waals surface area contributed by atoms with Crippen LogP contribution in [0.4, 0.5) is 4.79 Å². The number of amides is 2. The van der Waals surface area contributed by atoms with Gasteiger partial charge in [0.25, 0.3) is 0 Å². The molecule has 1 aliphatic heterocycles. The second-order valence-electron chi connectivity index (χ2n) is 8.52. The Morgan fingerprint density at radius 3 is 2.20 bits per heavy atom. The van der Waals surface area contributed by atoms with Crippen LogP contribution in [-0.4, -0.2) is 53.1 Å². The summed E-state index contributed by atoms with van der Waals surface area (Å²) < 4.78 is 11.5. The molecule has 3 rings (SSSR count). The lowest BCUT2D eigenvalue weighted by Gasteiger charge is -2.41. The van der Waals surface area contributed by atoms with Gasteiger partial charge in [-0.1, -0.05) is 60.7 Å². The predicted molar refractivity (Wildman–Crippen MR) is 115 cm³/mol. The summed E-state index contributed by atoms with van der Waals surface area (Å²) in [5.41, 5.74) is 1.49. The largest absolute Gasteiger partial charge is 0.444 e. The summed E-state index contributed by atoms with van der Waals surface area (Å²) in [5, 5.41) is 0. The fourth-order valence-electron chi connectivity index (χ4n) is 3.35. The Labute approximate surface area is 178 Å².